The van der Waals surface area contributed by atoms with Gasteiger partial charge in [-0.25, -0.2) is 10.4 Å². The van der Waals surface area contributed by atoms with E-state index in [4.69, 9.17) is 9.52 Å². The van der Waals surface area contributed by atoms with Crippen LogP contribution in [0.3, 0.4) is 0 Å². The summed E-state index contributed by atoms with van der Waals surface area (Å²) in [5.41, 5.74) is 10.5. The molecular formula is C28H28N4O. The van der Waals surface area contributed by atoms with Crippen molar-refractivity contribution in [2.75, 3.05) is 5.43 Å². The number of hydrogen-bond donors (Lipinski definition) is 2. The van der Waals surface area contributed by atoms with Gasteiger partial charge in [-0.05, 0) is 54.2 Å². The number of imidazole rings is 1. The molecule has 166 valence electrons. The van der Waals surface area contributed by atoms with E-state index in [0.29, 0.717) is 5.95 Å². The van der Waals surface area contributed by atoms with Gasteiger partial charge < -0.3 is 9.40 Å². The van der Waals surface area contributed by atoms with E-state index in [9.17, 15) is 0 Å². The highest BCUT2D eigenvalue weighted by Gasteiger charge is 2.14. The lowest BCUT2D eigenvalue weighted by Crippen LogP contribution is -2.11. The number of hydrogen-bond acceptors (Lipinski definition) is 4. The van der Waals surface area contributed by atoms with Crippen LogP contribution in [0.4, 0.5) is 5.95 Å². The number of H-pyrrole nitrogens is 1. The Labute approximate surface area is 193 Å². The molecule has 0 radical (unpaired) electrons. The summed E-state index contributed by atoms with van der Waals surface area (Å²) in [5, 5.41) is 6.52. The molecule has 0 aliphatic carbocycles. The predicted molar refractivity (Wildman–Crippen MR) is 135 cm³/mol. The molecule has 0 saturated carbocycles. The minimum absolute atomic E-state index is 0.101. The van der Waals surface area contributed by atoms with E-state index in [1.165, 1.54) is 5.56 Å². The van der Waals surface area contributed by atoms with E-state index in [-0.39, 0.29) is 5.41 Å². The molecule has 0 atom stereocenters. The van der Waals surface area contributed by atoms with Gasteiger partial charge in [0.25, 0.3) is 0 Å². The summed E-state index contributed by atoms with van der Waals surface area (Å²) < 4.78 is 6.36. The summed E-state index contributed by atoms with van der Waals surface area (Å²) in [6.07, 6.45) is 0. The van der Waals surface area contributed by atoms with E-state index in [1.807, 2.05) is 30.3 Å². The van der Waals surface area contributed by atoms with Crippen LogP contribution < -0.4 is 10.8 Å². The highest BCUT2D eigenvalue weighted by Crippen LogP contribution is 2.28. The maximum atomic E-state index is 6.36. The summed E-state index contributed by atoms with van der Waals surface area (Å²) in [6.45, 7) is 10.8. The minimum Gasteiger partial charge on any atom is -0.456 e. The average molecular weight is 437 g/mol. The first-order valence-electron chi connectivity index (χ1n) is 11.2. The molecule has 2 aromatic heterocycles. The first-order chi connectivity index (χ1) is 15.8. The van der Waals surface area contributed by atoms with Gasteiger partial charge in [0, 0.05) is 17.0 Å². The van der Waals surface area contributed by atoms with Crippen LogP contribution in [0.5, 0.6) is 0 Å². The topological polar surface area (TPSA) is 66.2 Å². The molecule has 0 fully saturated rings. The molecule has 0 aliphatic rings. The van der Waals surface area contributed by atoms with Crippen molar-refractivity contribution in [1.82, 2.24) is 9.97 Å². The highest BCUT2D eigenvalue weighted by atomic mass is 16.3. The fraction of sp³-hybridized carbons (Fsp3) is 0.214. The molecular weight excluding hydrogens is 408 g/mol. The first kappa shape index (κ1) is 21.0. The normalized spacial score (nSPS) is 12.6. The predicted octanol–water partition coefficient (Wildman–Crippen LogP) is 6.82. The van der Waals surface area contributed by atoms with Crippen LogP contribution in [0, 0.1) is 13.8 Å². The SMILES string of the molecule is Cc1cc(C)c2c(=NNc3nc4ccccc4[nH]3)cc(-c3ccc(C(C)(C)C)cc3)oc2c1. The molecule has 0 amide bonds. The zero-order valence-electron chi connectivity index (χ0n) is 19.7. The van der Waals surface area contributed by atoms with Crippen molar-refractivity contribution < 1.29 is 4.42 Å². The molecule has 0 saturated heterocycles. The number of para-hydroxylation sites is 2. The van der Waals surface area contributed by atoms with E-state index >= 15 is 0 Å². The third kappa shape index (κ3) is 4.14. The largest absolute Gasteiger partial charge is 0.456 e. The second-order valence-corrected chi connectivity index (χ2v) is 9.60. The first-order valence-corrected chi connectivity index (χ1v) is 11.2. The summed E-state index contributed by atoms with van der Waals surface area (Å²) in [5.74, 6) is 1.38. The Kier molecular flexibility index (Phi) is 5.05. The summed E-state index contributed by atoms with van der Waals surface area (Å²) in [4.78, 5) is 7.84. The quantitative estimate of drug-likeness (QED) is 0.305. The number of rotatable bonds is 3. The van der Waals surface area contributed by atoms with Crippen LogP contribution in [-0.2, 0) is 5.41 Å². The van der Waals surface area contributed by atoms with Crippen LogP contribution in [0.1, 0.15) is 37.5 Å². The summed E-state index contributed by atoms with van der Waals surface area (Å²) in [6, 6.07) is 22.7. The van der Waals surface area contributed by atoms with E-state index < -0.39 is 0 Å². The molecule has 0 spiro atoms. The lowest BCUT2D eigenvalue weighted by Gasteiger charge is -2.19. The molecule has 0 aliphatic heterocycles. The van der Waals surface area contributed by atoms with Crippen molar-refractivity contribution in [1.29, 1.82) is 0 Å². The van der Waals surface area contributed by atoms with E-state index in [2.05, 4.69) is 86.4 Å². The van der Waals surface area contributed by atoms with Crippen molar-refractivity contribution in [3.63, 3.8) is 0 Å². The van der Waals surface area contributed by atoms with Crippen molar-refractivity contribution in [2.45, 2.75) is 40.0 Å². The van der Waals surface area contributed by atoms with Crippen molar-refractivity contribution >= 4 is 28.0 Å². The van der Waals surface area contributed by atoms with Crippen LogP contribution >= 0.6 is 0 Å². The number of aryl methyl sites for hydroxylation is 2. The number of fused-ring (bicyclic) bond motifs is 2. The molecule has 0 bridgehead atoms. The number of benzene rings is 3. The monoisotopic (exact) mass is 436 g/mol. The number of aromatic nitrogens is 2. The summed E-state index contributed by atoms with van der Waals surface area (Å²) in [7, 11) is 0. The Morgan fingerprint density at radius 3 is 2.42 bits per heavy atom. The van der Waals surface area contributed by atoms with Crippen LogP contribution in [0.15, 0.2) is 76.2 Å². The van der Waals surface area contributed by atoms with Crippen molar-refractivity contribution in [3.8, 4) is 11.3 Å². The molecule has 3 aromatic carbocycles. The number of anilines is 1. The van der Waals surface area contributed by atoms with Crippen LogP contribution in [-0.4, -0.2) is 9.97 Å². The van der Waals surface area contributed by atoms with Gasteiger partial charge in [-0.1, -0.05) is 63.2 Å². The van der Waals surface area contributed by atoms with E-state index in [1.54, 1.807) is 0 Å². The van der Waals surface area contributed by atoms with E-state index in [0.717, 1.165) is 49.8 Å². The van der Waals surface area contributed by atoms with Gasteiger partial charge in [-0.15, -0.1) is 0 Å². The lowest BCUT2D eigenvalue weighted by molar-refractivity contribution is 0.589. The second-order valence-electron chi connectivity index (χ2n) is 9.60. The van der Waals surface area contributed by atoms with Gasteiger partial charge in [0.15, 0.2) is 0 Å². The van der Waals surface area contributed by atoms with Gasteiger partial charge in [0.05, 0.1) is 16.4 Å². The molecule has 5 nitrogen and oxygen atoms in total. The average Bonchev–Trinajstić information content (AvgIpc) is 3.19. The van der Waals surface area contributed by atoms with Crippen molar-refractivity contribution in [3.05, 3.63) is 88.8 Å². The minimum atomic E-state index is 0.101. The molecule has 5 rings (SSSR count). The van der Waals surface area contributed by atoms with Crippen LogP contribution in [0.2, 0.25) is 0 Å². The second kappa shape index (κ2) is 7.93. The number of aromatic amines is 1. The Balaban J connectivity index is 1.64. The standard InChI is InChI=1S/C28H28N4O/c1-17-14-18(2)26-23(31-32-27-29-21-8-6-7-9-22(21)30-27)16-24(33-25(26)15-17)19-10-12-20(13-11-19)28(3,4)5/h6-16H,1-5H3,(H2,29,30,32). The smallest absolute Gasteiger partial charge is 0.222 e. The Morgan fingerprint density at radius 2 is 1.70 bits per heavy atom. The van der Waals surface area contributed by atoms with Crippen molar-refractivity contribution in [2.24, 2.45) is 5.10 Å². The fourth-order valence-corrected chi connectivity index (χ4v) is 4.17. The maximum absolute atomic E-state index is 6.36. The third-order valence-corrected chi connectivity index (χ3v) is 5.89. The van der Waals surface area contributed by atoms with Gasteiger partial charge in [-0.3, -0.25) is 0 Å². The molecule has 33 heavy (non-hydrogen) atoms. The zero-order valence-corrected chi connectivity index (χ0v) is 19.7. The molecule has 5 aromatic rings. The van der Waals surface area contributed by atoms with Gasteiger partial charge in [0.2, 0.25) is 5.95 Å². The number of nitrogens with zero attached hydrogens (tertiary/aromatic N) is 2. The van der Waals surface area contributed by atoms with Gasteiger partial charge in [0.1, 0.15) is 11.3 Å². The molecule has 2 heterocycles. The highest BCUT2D eigenvalue weighted by molar-refractivity contribution is 5.82. The molecule has 0 unspecified atom stereocenters. The molecule has 5 heteroatoms. The Morgan fingerprint density at radius 1 is 0.939 bits per heavy atom. The molecule has 2 N–H and O–H groups in total. The third-order valence-electron chi connectivity index (χ3n) is 5.89. The fourth-order valence-electron chi connectivity index (χ4n) is 4.17. The zero-order chi connectivity index (χ0) is 23.2. The Hall–Kier alpha value is -3.86. The van der Waals surface area contributed by atoms with Crippen LogP contribution in [0.25, 0.3) is 33.3 Å². The van der Waals surface area contributed by atoms with Gasteiger partial charge in [-0.2, -0.15) is 5.10 Å². The lowest BCUT2D eigenvalue weighted by atomic mass is 9.86. The Bertz CT molecular complexity index is 1500. The van der Waals surface area contributed by atoms with Gasteiger partial charge >= 0.3 is 0 Å². The number of nitrogens with one attached hydrogen (secondary N) is 2. The summed E-state index contributed by atoms with van der Waals surface area (Å²) >= 11 is 0. The maximum Gasteiger partial charge on any atom is 0.222 e.